The van der Waals surface area contributed by atoms with Crippen LogP contribution in [-0.4, -0.2) is 38.1 Å². The van der Waals surface area contributed by atoms with Crippen molar-refractivity contribution in [2.24, 2.45) is 0 Å². The van der Waals surface area contributed by atoms with Gasteiger partial charge in [-0.3, -0.25) is 9.10 Å². The predicted molar refractivity (Wildman–Crippen MR) is 111 cm³/mol. The number of anilines is 1. The minimum Gasteiger partial charge on any atom is -0.331 e. The van der Waals surface area contributed by atoms with E-state index in [1.165, 1.54) is 16.1 Å². The van der Waals surface area contributed by atoms with Gasteiger partial charge in [-0.1, -0.05) is 29.8 Å². The van der Waals surface area contributed by atoms with Crippen LogP contribution in [0.2, 0.25) is 0 Å². The van der Waals surface area contributed by atoms with Crippen LogP contribution < -0.4 is 4.31 Å². The fourth-order valence-corrected chi connectivity index (χ4v) is 4.96. The van der Waals surface area contributed by atoms with E-state index in [4.69, 9.17) is 0 Å². The molecule has 1 aliphatic heterocycles. The Balaban J connectivity index is 1.61. The zero-order chi connectivity index (χ0) is 19.9. The van der Waals surface area contributed by atoms with Gasteiger partial charge in [0.15, 0.2) is 0 Å². The highest BCUT2D eigenvalue weighted by Crippen LogP contribution is 2.33. The van der Waals surface area contributed by atoms with E-state index in [0.717, 1.165) is 36.8 Å². The first-order valence-electron chi connectivity index (χ1n) is 9.80. The number of fused-ring (bicyclic) bond motifs is 1. The normalized spacial score (nSPS) is 16.6. The van der Waals surface area contributed by atoms with Crippen LogP contribution in [-0.2, 0) is 23.0 Å². The zero-order valence-electron chi connectivity index (χ0n) is 16.4. The Bertz CT molecular complexity index is 1010. The number of amides is 1. The third kappa shape index (κ3) is 3.92. The van der Waals surface area contributed by atoms with E-state index >= 15 is 0 Å². The number of rotatable bonds is 5. The molecule has 0 aromatic heterocycles. The standard InChI is InChI=1S/C22H26N2O3S/c1-16-5-3-6-17(13-16)15-23(20-9-10-20)22(25)19-8-11-21-18(14-19)7-4-12-24(21)28(2,26)27/h3,5-6,8,11,13-14,20H,4,7,9-10,12,15H2,1-2H3. The monoisotopic (exact) mass is 398 g/mol. The molecule has 5 nitrogen and oxygen atoms in total. The lowest BCUT2D eigenvalue weighted by Gasteiger charge is -2.30. The maximum atomic E-state index is 13.3. The maximum absolute atomic E-state index is 13.3. The number of hydrogen-bond acceptors (Lipinski definition) is 3. The molecule has 0 atom stereocenters. The summed E-state index contributed by atoms with van der Waals surface area (Å²) in [5.41, 5.74) is 4.63. The molecule has 28 heavy (non-hydrogen) atoms. The number of aryl methyl sites for hydroxylation is 2. The van der Waals surface area contributed by atoms with Gasteiger partial charge in [0.2, 0.25) is 10.0 Å². The molecule has 0 spiro atoms. The highest BCUT2D eigenvalue weighted by molar-refractivity contribution is 7.92. The molecule has 1 heterocycles. The summed E-state index contributed by atoms with van der Waals surface area (Å²) < 4.78 is 25.6. The van der Waals surface area contributed by atoms with Gasteiger partial charge < -0.3 is 4.90 Å². The van der Waals surface area contributed by atoms with Gasteiger partial charge in [0.1, 0.15) is 0 Å². The second kappa shape index (κ2) is 7.24. The molecule has 2 aromatic carbocycles. The van der Waals surface area contributed by atoms with Gasteiger partial charge in [0.25, 0.3) is 5.91 Å². The molecule has 0 radical (unpaired) electrons. The van der Waals surface area contributed by atoms with Gasteiger partial charge in [-0.2, -0.15) is 0 Å². The van der Waals surface area contributed by atoms with Crippen molar-refractivity contribution in [3.8, 4) is 0 Å². The molecule has 2 aliphatic rings. The Morgan fingerprint density at radius 3 is 2.64 bits per heavy atom. The summed E-state index contributed by atoms with van der Waals surface area (Å²) in [4.78, 5) is 15.2. The van der Waals surface area contributed by atoms with Gasteiger partial charge in [-0.15, -0.1) is 0 Å². The minimum absolute atomic E-state index is 0.0308. The number of benzene rings is 2. The lowest BCUT2D eigenvalue weighted by atomic mass is 10.00. The summed E-state index contributed by atoms with van der Waals surface area (Å²) in [5, 5.41) is 0. The van der Waals surface area contributed by atoms with E-state index in [9.17, 15) is 13.2 Å². The lowest BCUT2D eigenvalue weighted by molar-refractivity contribution is 0.0730. The molecule has 1 fully saturated rings. The molecular formula is C22H26N2O3S. The quantitative estimate of drug-likeness (QED) is 0.774. The van der Waals surface area contributed by atoms with Crippen molar-refractivity contribution in [3.63, 3.8) is 0 Å². The molecule has 4 rings (SSSR count). The number of nitrogens with zero attached hydrogens (tertiary/aromatic N) is 2. The molecule has 0 saturated heterocycles. The van der Waals surface area contributed by atoms with E-state index < -0.39 is 10.0 Å². The van der Waals surface area contributed by atoms with Gasteiger partial charge in [0, 0.05) is 24.7 Å². The molecule has 148 valence electrons. The first-order chi connectivity index (χ1) is 13.3. The fourth-order valence-electron chi connectivity index (χ4n) is 3.97. The van der Waals surface area contributed by atoms with E-state index in [1.807, 2.05) is 17.0 Å². The first kappa shape index (κ1) is 19.0. The molecule has 0 unspecified atom stereocenters. The third-order valence-corrected chi connectivity index (χ3v) is 6.67. The largest absolute Gasteiger partial charge is 0.331 e. The Morgan fingerprint density at radius 2 is 1.96 bits per heavy atom. The molecule has 0 bridgehead atoms. The van der Waals surface area contributed by atoms with Crippen molar-refractivity contribution < 1.29 is 13.2 Å². The Morgan fingerprint density at radius 1 is 1.18 bits per heavy atom. The third-order valence-electron chi connectivity index (χ3n) is 5.49. The zero-order valence-corrected chi connectivity index (χ0v) is 17.2. The molecule has 1 amide bonds. The first-order valence-corrected chi connectivity index (χ1v) is 11.6. The number of sulfonamides is 1. The summed E-state index contributed by atoms with van der Waals surface area (Å²) in [6.45, 7) is 3.17. The highest BCUT2D eigenvalue weighted by Gasteiger charge is 2.34. The summed E-state index contributed by atoms with van der Waals surface area (Å²) in [6.07, 6.45) is 4.89. The van der Waals surface area contributed by atoms with Crippen molar-refractivity contribution in [1.82, 2.24) is 4.90 Å². The maximum Gasteiger partial charge on any atom is 0.254 e. The van der Waals surface area contributed by atoms with Crippen LogP contribution in [0, 0.1) is 6.92 Å². The van der Waals surface area contributed by atoms with Gasteiger partial charge in [0.05, 0.1) is 11.9 Å². The summed E-state index contributed by atoms with van der Waals surface area (Å²) in [5.74, 6) is 0.0308. The van der Waals surface area contributed by atoms with Crippen LogP contribution in [0.5, 0.6) is 0 Å². The fraction of sp³-hybridized carbons (Fsp3) is 0.409. The Labute approximate surface area is 167 Å². The van der Waals surface area contributed by atoms with Gasteiger partial charge >= 0.3 is 0 Å². The average Bonchev–Trinajstić information content (AvgIpc) is 3.49. The van der Waals surface area contributed by atoms with Crippen molar-refractivity contribution in [2.45, 2.75) is 45.2 Å². The van der Waals surface area contributed by atoms with Crippen molar-refractivity contribution in [1.29, 1.82) is 0 Å². The van der Waals surface area contributed by atoms with Crippen molar-refractivity contribution >= 4 is 21.6 Å². The SMILES string of the molecule is Cc1cccc(CN(C(=O)c2ccc3c(c2)CCCN3S(C)(=O)=O)C2CC2)c1. The number of carbonyl (C=O) groups is 1. The average molecular weight is 399 g/mol. The molecule has 2 aromatic rings. The van der Waals surface area contributed by atoms with E-state index in [-0.39, 0.29) is 5.91 Å². The number of carbonyl (C=O) groups excluding carboxylic acids is 1. The van der Waals surface area contributed by atoms with Crippen LogP contribution in [0.4, 0.5) is 5.69 Å². The predicted octanol–water partition coefficient (Wildman–Crippen LogP) is 3.51. The van der Waals surface area contributed by atoms with E-state index in [0.29, 0.717) is 30.4 Å². The van der Waals surface area contributed by atoms with Crippen molar-refractivity contribution in [3.05, 3.63) is 64.7 Å². The van der Waals surface area contributed by atoms with Crippen LogP contribution in [0.3, 0.4) is 0 Å². The highest BCUT2D eigenvalue weighted by atomic mass is 32.2. The molecule has 6 heteroatoms. The second-order valence-corrected chi connectivity index (χ2v) is 9.84. The summed E-state index contributed by atoms with van der Waals surface area (Å²) in [6, 6.07) is 14.0. The van der Waals surface area contributed by atoms with Crippen molar-refractivity contribution in [2.75, 3.05) is 17.1 Å². The van der Waals surface area contributed by atoms with Crippen LogP contribution >= 0.6 is 0 Å². The summed E-state index contributed by atoms with van der Waals surface area (Å²) >= 11 is 0. The topological polar surface area (TPSA) is 57.7 Å². The second-order valence-electron chi connectivity index (χ2n) is 7.94. The Hall–Kier alpha value is -2.34. The minimum atomic E-state index is -3.30. The van der Waals surface area contributed by atoms with E-state index in [2.05, 4.69) is 25.1 Å². The Kier molecular flexibility index (Phi) is 4.91. The van der Waals surface area contributed by atoms with Gasteiger partial charge in [-0.25, -0.2) is 8.42 Å². The molecular weight excluding hydrogens is 372 g/mol. The van der Waals surface area contributed by atoms with Crippen LogP contribution in [0.15, 0.2) is 42.5 Å². The van der Waals surface area contributed by atoms with Gasteiger partial charge in [-0.05, 0) is 61.9 Å². The number of hydrogen-bond donors (Lipinski definition) is 0. The molecule has 1 saturated carbocycles. The lowest BCUT2D eigenvalue weighted by Crippen LogP contribution is -2.35. The van der Waals surface area contributed by atoms with Crippen LogP contribution in [0.25, 0.3) is 0 Å². The summed E-state index contributed by atoms with van der Waals surface area (Å²) in [7, 11) is -3.30. The molecule has 0 N–H and O–H groups in total. The van der Waals surface area contributed by atoms with E-state index in [1.54, 1.807) is 12.1 Å². The van der Waals surface area contributed by atoms with Crippen LogP contribution in [0.1, 0.15) is 46.3 Å². The molecule has 1 aliphatic carbocycles. The smallest absolute Gasteiger partial charge is 0.254 e.